The molecule has 7 nitrogen and oxygen atoms in total. The van der Waals surface area contributed by atoms with Gasteiger partial charge in [-0.1, -0.05) is 30.3 Å². The molecule has 0 atom stereocenters. The molecular formula is C18H20N2O5S. The highest BCUT2D eigenvalue weighted by Gasteiger charge is 2.16. The Morgan fingerprint density at radius 1 is 1.00 bits per heavy atom. The van der Waals surface area contributed by atoms with Gasteiger partial charge in [-0.3, -0.25) is 9.52 Å². The van der Waals surface area contributed by atoms with Crippen LogP contribution in [0.4, 0.5) is 11.4 Å². The van der Waals surface area contributed by atoms with E-state index in [0.29, 0.717) is 5.69 Å². The molecule has 2 N–H and O–H groups in total. The van der Waals surface area contributed by atoms with Crippen LogP contribution in [-0.4, -0.2) is 33.2 Å². The molecule has 0 radical (unpaired) electrons. The number of esters is 1. The van der Waals surface area contributed by atoms with Gasteiger partial charge in [0.05, 0.1) is 17.5 Å². The second-order valence-electron chi connectivity index (χ2n) is 5.81. The van der Waals surface area contributed by atoms with Gasteiger partial charge in [0.25, 0.3) is 5.91 Å². The third-order valence-electron chi connectivity index (χ3n) is 3.52. The average Bonchev–Trinajstić information content (AvgIpc) is 2.55. The predicted molar refractivity (Wildman–Crippen MR) is 99.7 cm³/mol. The quantitative estimate of drug-likeness (QED) is 0.754. The van der Waals surface area contributed by atoms with E-state index in [-0.39, 0.29) is 11.3 Å². The third-order valence-corrected chi connectivity index (χ3v) is 4.11. The molecule has 2 aromatic rings. The maximum absolute atomic E-state index is 12.2. The van der Waals surface area contributed by atoms with Crippen LogP contribution >= 0.6 is 0 Å². The minimum absolute atomic E-state index is 0.0257. The van der Waals surface area contributed by atoms with Crippen LogP contribution in [0.1, 0.15) is 21.5 Å². The average molecular weight is 376 g/mol. The summed E-state index contributed by atoms with van der Waals surface area (Å²) in [7, 11) is -3.55. The van der Waals surface area contributed by atoms with Gasteiger partial charge in [0, 0.05) is 5.69 Å². The fourth-order valence-corrected chi connectivity index (χ4v) is 2.92. The first-order valence-electron chi connectivity index (χ1n) is 7.77. The minimum atomic E-state index is -3.55. The normalized spacial score (nSPS) is 10.9. The van der Waals surface area contributed by atoms with Gasteiger partial charge < -0.3 is 10.1 Å². The van der Waals surface area contributed by atoms with E-state index in [4.69, 9.17) is 4.74 Å². The van der Waals surface area contributed by atoms with Crippen LogP contribution in [0.25, 0.3) is 0 Å². The van der Waals surface area contributed by atoms with Crippen LogP contribution < -0.4 is 10.0 Å². The summed E-state index contributed by atoms with van der Waals surface area (Å²) in [6.07, 6.45) is 0.979. The summed E-state index contributed by atoms with van der Waals surface area (Å²) in [5.74, 6) is -1.28. The Morgan fingerprint density at radius 2 is 1.62 bits per heavy atom. The van der Waals surface area contributed by atoms with Crippen LogP contribution in [0.2, 0.25) is 0 Å². The largest absolute Gasteiger partial charge is 0.452 e. The Kier molecular flexibility index (Phi) is 5.99. The van der Waals surface area contributed by atoms with E-state index < -0.39 is 28.5 Å². The number of hydrogen-bond acceptors (Lipinski definition) is 5. The van der Waals surface area contributed by atoms with Gasteiger partial charge >= 0.3 is 5.97 Å². The van der Waals surface area contributed by atoms with E-state index >= 15 is 0 Å². The Morgan fingerprint density at radius 3 is 2.23 bits per heavy atom. The number of anilines is 2. The maximum Gasteiger partial charge on any atom is 0.340 e. The number of carbonyl (C=O) groups is 2. The van der Waals surface area contributed by atoms with E-state index in [2.05, 4.69) is 10.0 Å². The molecule has 8 heteroatoms. The highest BCUT2D eigenvalue weighted by atomic mass is 32.2. The molecule has 0 saturated carbocycles. The zero-order chi connectivity index (χ0) is 19.3. The van der Waals surface area contributed by atoms with Gasteiger partial charge in [-0.25, -0.2) is 13.2 Å². The summed E-state index contributed by atoms with van der Waals surface area (Å²) in [6.45, 7) is 3.24. The SMILES string of the molecule is Cc1cccc(C)c1NC(=O)COC(=O)c1ccccc1NS(C)(=O)=O. The summed E-state index contributed by atoms with van der Waals surface area (Å²) in [5, 5.41) is 2.71. The van der Waals surface area contributed by atoms with E-state index in [1.54, 1.807) is 12.1 Å². The molecule has 0 aliphatic rings. The number of benzene rings is 2. The lowest BCUT2D eigenvalue weighted by atomic mass is 10.1. The molecule has 0 aromatic heterocycles. The topological polar surface area (TPSA) is 102 Å². The van der Waals surface area contributed by atoms with E-state index in [9.17, 15) is 18.0 Å². The van der Waals surface area contributed by atoms with E-state index in [1.165, 1.54) is 12.1 Å². The fourth-order valence-electron chi connectivity index (χ4n) is 2.35. The monoisotopic (exact) mass is 376 g/mol. The van der Waals surface area contributed by atoms with Crippen molar-refractivity contribution in [2.24, 2.45) is 0 Å². The molecule has 0 unspecified atom stereocenters. The molecule has 138 valence electrons. The molecule has 2 rings (SSSR count). The van der Waals surface area contributed by atoms with Crippen molar-refractivity contribution in [3.05, 3.63) is 59.2 Å². The van der Waals surface area contributed by atoms with Gasteiger partial charge in [-0.05, 0) is 37.1 Å². The fraction of sp³-hybridized carbons (Fsp3) is 0.222. The summed E-state index contributed by atoms with van der Waals surface area (Å²) in [4.78, 5) is 24.3. The molecule has 0 aliphatic heterocycles. The van der Waals surface area contributed by atoms with Gasteiger partial charge in [0.15, 0.2) is 6.61 Å². The molecule has 0 heterocycles. The lowest BCUT2D eigenvalue weighted by molar-refractivity contribution is -0.119. The van der Waals surface area contributed by atoms with Gasteiger partial charge in [0.2, 0.25) is 10.0 Å². The van der Waals surface area contributed by atoms with Crippen LogP contribution in [-0.2, 0) is 19.6 Å². The number of nitrogens with one attached hydrogen (secondary N) is 2. The molecular weight excluding hydrogens is 356 g/mol. The number of sulfonamides is 1. The van der Waals surface area contributed by atoms with E-state index in [0.717, 1.165) is 17.4 Å². The van der Waals surface area contributed by atoms with Crippen LogP contribution in [0, 0.1) is 13.8 Å². The first-order chi connectivity index (χ1) is 12.2. The van der Waals surface area contributed by atoms with Crippen molar-refractivity contribution in [2.45, 2.75) is 13.8 Å². The van der Waals surface area contributed by atoms with Crippen molar-refractivity contribution >= 4 is 33.3 Å². The summed E-state index contributed by atoms with van der Waals surface area (Å²) in [5.41, 5.74) is 2.58. The predicted octanol–water partition coefficient (Wildman–Crippen LogP) is 2.47. The first kappa shape index (κ1) is 19.5. The third kappa shape index (κ3) is 5.32. The second kappa shape index (κ2) is 8.01. The van der Waals surface area contributed by atoms with Gasteiger partial charge in [-0.2, -0.15) is 0 Å². The van der Waals surface area contributed by atoms with Crippen molar-refractivity contribution in [1.29, 1.82) is 0 Å². The number of ether oxygens (including phenoxy) is 1. The van der Waals surface area contributed by atoms with E-state index in [1.807, 2.05) is 32.0 Å². The lowest BCUT2D eigenvalue weighted by Crippen LogP contribution is -2.22. The number of hydrogen-bond donors (Lipinski definition) is 2. The Bertz CT molecular complexity index is 918. The zero-order valence-corrected chi connectivity index (χ0v) is 15.5. The minimum Gasteiger partial charge on any atom is -0.452 e. The molecule has 0 fully saturated rings. The standard InChI is InChI=1S/C18H20N2O5S/c1-12-7-6-8-13(2)17(12)19-16(21)11-25-18(22)14-9-4-5-10-15(14)20-26(3,23)24/h4-10,20H,11H2,1-3H3,(H,19,21). The number of carbonyl (C=O) groups excluding carboxylic acids is 2. The number of aryl methyl sites for hydroxylation is 2. The van der Waals surface area contributed by atoms with Crippen molar-refractivity contribution in [3.63, 3.8) is 0 Å². The molecule has 2 aromatic carbocycles. The summed E-state index contributed by atoms with van der Waals surface area (Å²) < 4.78 is 30.0. The molecule has 0 saturated heterocycles. The van der Waals surface area contributed by atoms with Crippen LogP contribution in [0.15, 0.2) is 42.5 Å². The summed E-state index contributed by atoms with van der Waals surface area (Å²) in [6, 6.07) is 11.6. The molecule has 0 bridgehead atoms. The van der Waals surface area contributed by atoms with Crippen molar-refractivity contribution < 1.29 is 22.7 Å². The first-order valence-corrected chi connectivity index (χ1v) is 9.66. The Hall–Kier alpha value is -2.87. The smallest absolute Gasteiger partial charge is 0.340 e. The van der Waals surface area contributed by atoms with Crippen molar-refractivity contribution in [3.8, 4) is 0 Å². The van der Waals surface area contributed by atoms with Gasteiger partial charge in [0.1, 0.15) is 0 Å². The summed E-state index contributed by atoms with van der Waals surface area (Å²) >= 11 is 0. The highest BCUT2D eigenvalue weighted by molar-refractivity contribution is 7.92. The number of rotatable bonds is 6. The molecule has 0 aliphatic carbocycles. The maximum atomic E-state index is 12.2. The number of para-hydroxylation sites is 2. The Balaban J connectivity index is 2.04. The Labute approximate surface area is 152 Å². The van der Waals surface area contributed by atoms with Crippen LogP contribution in [0.5, 0.6) is 0 Å². The lowest BCUT2D eigenvalue weighted by Gasteiger charge is -2.12. The van der Waals surface area contributed by atoms with Crippen LogP contribution in [0.3, 0.4) is 0 Å². The molecule has 26 heavy (non-hydrogen) atoms. The molecule has 0 spiro atoms. The number of amides is 1. The second-order valence-corrected chi connectivity index (χ2v) is 7.56. The van der Waals surface area contributed by atoms with Crippen molar-refractivity contribution in [2.75, 3.05) is 22.9 Å². The highest BCUT2D eigenvalue weighted by Crippen LogP contribution is 2.20. The molecule has 1 amide bonds. The van der Waals surface area contributed by atoms with Gasteiger partial charge in [-0.15, -0.1) is 0 Å². The van der Waals surface area contributed by atoms with Crippen molar-refractivity contribution in [1.82, 2.24) is 0 Å². The zero-order valence-electron chi connectivity index (χ0n) is 14.7.